The van der Waals surface area contributed by atoms with Gasteiger partial charge in [0.05, 0.1) is 4.08 Å². The van der Waals surface area contributed by atoms with Gasteiger partial charge in [-0.2, -0.15) is 4.41 Å². The van der Waals surface area contributed by atoms with Gasteiger partial charge in [0.25, 0.3) is 0 Å². The molecule has 1 N–H and O–H groups in total. The lowest BCUT2D eigenvalue weighted by molar-refractivity contribution is 0.137. The largest absolute Gasteiger partial charge is 0.241 e. The van der Waals surface area contributed by atoms with Gasteiger partial charge >= 0.3 is 0 Å². The highest BCUT2D eigenvalue weighted by Crippen LogP contribution is 2.72. The fraction of sp³-hybridized carbons (Fsp3) is 1.00. The number of rotatable bonds is 11. The van der Waals surface area contributed by atoms with Crippen LogP contribution >= 0.6 is 47.2 Å². The highest BCUT2D eigenvalue weighted by molar-refractivity contribution is 8.20. The zero-order valence-corrected chi connectivity index (χ0v) is 22.5. The van der Waals surface area contributed by atoms with Crippen molar-refractivity contribution in [1.29, 1.82) is 0 Å². The number of nitrogens with one attached hydrogen (secondary N) is 1. The van der Waals surface area contributed by atoms with E-state index in [9.17, 15) is 0 Å². The molecular weight excluding hydrogens is 457 g/mol. The number of hydrogen-bond acceptors (Lipinski definition) is 6. The second kappa shape index (κ2) is 9.76. The first-order chi connectivity index (χ1) is 15.2. The third-order valence-electron chi connectivity index (χ3n) is 8.35. The first-order valence-electron chi connectivity index (χ1n) is 13.5. The molecule has 0 bridgehead atoms. The summed E-state index contributed by atoms with van der Waals surface area (Å²) >= 11 is 9.66. The molecule has 0 aromatic heterocycles. The second-order valence-electron chi connectivity index (χ2n) is 11.1. The van der Waals surface area contributed by atoms with Gasteiger partial charge in [-0.3, -0.25) is 0 Å². The van der Waals surface area contributed by atoms with Crippen LogP contribution in [0.1, 0.15) is 116 Å². The van der Waals surface area contributed by atoms with Crippen molar-refractivity contribution in [2.24, 2.45) is 0 Å². The van der Waals surface area contributed by atoms with Crippen molar-refractivity contribution in [3.8, 4) is 0 Å². The molecule has 0 radical (unpaired) electrons. The Balaban J connectivity index is 1.30. The molecule has 6 aliphatic rings. The van der Waals surface area contributed by atoms with Crippen molar-refractivity contribution in [1.82, 2.24) is 9.84 Å². The lowest BCUT2D eigenvalue weighted by Gasteiger charge is -2.64. The van der Waals surface area contributed by atoms with E-state index in [1.165, 1.54) is 116 Å². The minimum absolute atomic E-state index is 0.306. The van der Waals surface area contributed by atoms with Gasteiger partial charge in [-0.25, -0.2) is 5.43 Å². The van der Waals surface area contributed by atoms with Gasteiger partial charge in [0.2, 0.25) is 0 Å². The molecular formula is C25H42N2S4. The van der Waals surface area contributed by atoms with E-state index in [1.807, 2.05) is 0 Å². The zero-order chi connectivity index (χ0) is 20.7. The van der Waals surface area contributed by atoms with Crippen LogP contribution in [0.2, 0.25) is 0 Å². The van der Waals surface area contributed by atoms with Crippen LogP contribution in [0.25, 0.3) is 0 Å². The first kappa shape index (κ1) is 22.8. The number of hydrogen-bond donors (Lipinski definition) is 1. The molecule has 0 aromatic carbocycles. The molecule has 2 nitrogen and oxygen atoms in total. The van der Waals surface area contributed by atoms with Crippen molar-refractivity contribution < 1.29 is 0 Å². The van der Waals surface area contributed by atoms with Crippen LogP contribution in [0.5, 0.6) is 0 Å². The van der Waals surface area contributed by atoms with Crippen molar-refractivity contribution in [3.63, 3.8) is 0 Å². The fourth-order valence-electron chi connectivity index (χ4n) is 5.74. The summed E-state index contributed by atoms with van der Waals surface area (Å²) in [5, 5.41) is 3.65. The summed E-state index contributed by atoms with van der Waals surface area (Å²) in [5.41, 5.74) is 4.16. The summed E-state index contributed by atoms with van der Waals surface area (Å²) < 4.78 is 3.30. The maximum absolute atomic E-state index is 4.16. The van der Waals surface area contributed by atoms with Gasteiger partial charge in [-0.15, -0.1) is 35.3 Å². The predicted octanol–water partition coefficient (Wildman–Crippen LogP) is 7.98. The molecule has 0 heterocycles. The molecule has 6 fully saturated rings. The molecule has 6 saturated carbocycles. The molecule has 6 aliphatic carbocycles. The quantitative estimate of drug-likeness (QED) is 0.175. The van der Waals surface area contributed by atoms with E-state index in [0.717, 1.165) is 27.0 Å². The summed E-state index contributed by atoms with van der Waals surface area (Å²) in [6.45, 7) is 0. The molecule has 2 atom stereocenters. The molecule has 0 aromatic rings. The Bertz CT molecular complexity index is 611. The van der Waals surface area contributed by atoms with Crippen molar-refractivity contribution in [2.45, 2.75) is 152 Å². The van der Waals surface area contributed by atoms with E-state index in [-0.39, 0.29) is 0 Å². The molecule has 0 saturated heterocycles. The number of hydrazine groups is 1. The van der Waals surface area contributed by atoms with Gasteiger partial charge in [0.15, 0.2) is 0 Å². The molecule has 0 spiro atoms. The lowest BCUT2D eigenvalue weighted by Crippen LogP contribution is -2.69. The van der Waals surface area contributed by atoms with E-state index >= 15 is 0 Å². The van der Waals surface area contributed by atoms with E-state index < -0.39 is 0 Å². The van der Waals surface area contributed by atoms with Crippen LogP contribution in [-0.2, 0) is 0 Å². The van der Waals surface area contributed by atoms with Crippen LogP contribution in [0.4, 0.5) is 0 Å². The molecule has 6 heteroatoms. The third kappa shape index (κ3) is 5.01. The van der Waals surface area contributed by atoms with E-state index in [4.69, 9.17) is 0 Å². The molecule has 2 unspecified atom stereocenters. The summed E-state index contributed by atoms with van der Waals surface area (Å²) in [7, 11) is 0. The Kier molecular flexibility index (Phi) is 7.17. The van der Waals surface area contributed by atoms with E-state index in [1.54, 1.807) is 0 Å². The standard InChI is InChI=1S/C25H42N2S4/c1-2-9-23(10-3-1)31-27(26-19-13-14-19)24(28-20-7-4-5-8-20)17-18-25(24,30-22-15-16-22)29-21-11-6-12-21/h19-23,26H,1-18H2. The molecule has 176 valence electrons. The molecule has 6 rings (SSSR count). The van der Waals surface area contributed by atoms with Gasteiger partial charge < -0.3 is 0 Å². The zero-order valence-electron chi connectivity index (χ0n) is 19.2. The van der Waals surface area contributed by atoms with E-state index in [0.29, 0.717) is 8.95 Å². The minimum Gasteiger partial charge on any atom is -0.241 e. The average molecular weight is 499 g/mol. The first-order valence-corrected chi connectivity index (χ1v) is 17.0. The van der Waals surface area contributed by atoms with E-state index in [2.05, 4.69) is 57.1 Å². The summed E-state index contributed by atoms with van der Waals surface area (Å²) in [4.78, 5) is 0.306. The Morgan fingerprint density at radius 1 is 0.548 bits per heavy atom. The molecule has 0 aliphatic heterocycles. The topological polar surface area (TPSA) is 15.3 Å². The van der Waals surface area contributed by atoms with Crippen LogP contribution < -0.4 is 5.43 Å². The van der Waals surface area contributed by atoms with Crippen molar-refractivity contribution >= 4 is 47.2 Å². The van der Waals surface area contributed by atoms with Gasteiger partial charge in [0, 0.05) is 27.0 Å². The summed E-state index contributed by atoms with van der Waals surface area (Å²) in [6.07, 6.45) is 26.2. The Labute approximate surface area is 207 Å². The second-order valence-corrected chi connectivity index (χ2v) is 17.4. The lowest BCUT2D eigenvalue weighted by atomic mass is 9.90. The summed E-state index contributed by atoms with van der Waals surface area (Å²) in [6, 6.07) is 0.759. The minimum atomic E-state index is 0.306. The number of nitrogens with zero attached hydrogens (tertiary/aromatic N) is 1. The smallest absolute Gasteiger partial charge is 0.116 e. The van der Waals surface area contributed by atoms with Crippen LogP contribution in [0.15, 0.2) is 0 Å². The van der Waals surface area contributed by atoms with Gasteiger partial charge in [-0.05, 0) is 77.0 Å². The van der Waals surface area contributed by atoms with Crippen molar-refractivity contribution in [2.75, 3.05) is 0 Å². The van der Waals surface area contributed by atoms with Crippen molar-refractivity contribution in [3.05, 3.63) is 0 Å². The van der Waals surface area contributed by atoms with Gasteiger partial charge in [0.1, 0.15) is 4.87 Å². The Morgan fingerprint density at radius 2 is 1.13 bits per heavy atom. The normalized spacial score (nSPS) is 37.8. The SMILES string of the molecule is C1CCC(SN(NC2CC2)C2(SC3CCCC3)CCC2(SC2CCC2)SC2CC2)CC1. The fourth-order valence-corrected chi connectivity index (χ4v) is 14.2. The third-order valence-corrected chi connectivity index (χ3v) is 16.1. The molecule has 31 heavy (non-hydrogen) atoms. The maximum atomic E-state index is 4.16. The maximum Gasteiger partial charge on any atom is 0.116 e. The van der Waals surface area contributed by atoms with Crippen LogP contribution in [-0.4, -0.2) is 40.4 Å². The molecule has 0 amide bonds. The monoisotopic (exact) mass is 498 g/mol. The highest BCUT2D eigenvalue weighted by atomic mass is 32.2. The Hall–Kier alpha value is 1.32. The predicted molar refractivity (Wildman–Crippen MR) is 143 cm³/mol. The van der Waals surface area contributed by atoms with Crippen LogP contribution in [0, 0.1) is 0 Å². The average Bonchev–Trinajstić information content (AvgIpc) is 3.68. The Morgan fingerprint density at radius 3 is 1.68 bits per heavy atom. The number of thioether (sulfide) groups is 3. The summed E-state index contributed by atoms with van der Waals surface area (Å²) in [5.74, 6) is 0. The van der Waals surface area contributed by atoms with Crippen LogP contribution in [0.3, 0.4) is 0 Å². The van der Waals surface area contributed by atoms with Gasteiger partial charge in [-0.1, -0.05) is 50.5 Å². The highest BCUT2D eigenvalue weighted by Gasteiger charge is 2.67.